The Labute approximate surface area is 133 Å². The van der Waals surface area contributed by atoms with E-state index in [1.807, 2.05) is 32.0 Å². The van der Waals surface area contributed by atoms with E-state index in [0.717, 1.165) is 24.8 Å². The van der Waals surface area contributed by atoms with Crippen LogP contribution < -0.4 is 0 Å². The van der Waals surface area contributed by atoms with Crippen molar-refractivity contribution in [3.8, 4) is 0 Å². The van der Waals surface area contributed by atoms with Gasteiger partial charge in [-0.2, -0.15) is 0 Å². The number of unbranched alkanes of at least 4 members (excludes halogenated alkanes) is 2. The predicted octanol–water partition coefficient (Wildman–Crippen LogP) is 3.50. The van der Waals surface area contributed by atoms with Crippen molar-refractivity contribution in [1.29, 1.82) is 0 Å². The van der Waals surface area contributed by atoms with Gasteiger partial charge in [-0.25, -0.2) is 0 Å². The number of hydrogen-bond donors (Lipinski definition) is 0. The number of carbonyl (C=O) groups excluding carboxylic acids is 2. The Morgan fingerprint density at radius 2 is 1.82 bits per heavy atom. The lowest BCUT2D eigenvalue weighted by Gasteiger charge is -2.22. The average Bonchev–Trinajstić information content (AvgIpc) is 2.52. The first-order chi connectivity index (χ1) is 10.5. The van der Waals surface area contributed by atoms with Gasteiger partial charge in [-0.3, -0.25) is 9.59 Å². The van der Waals surface area contributed by atoms with Gasteiger partial charge in [0.2, 0.25) is 0 Å². The molecule has 0 atom stereocenters. The molecule has 0 saturated carbocycles. The zero-order valence-electron chi connectivity index (χ0n) is 14.1. The Hall–Kier alpha value is -1.84. The van der Waals surface area contributed by atoms with E-state index in [-0.39, 0.29) is 18.3 Å². The predicted molar refractivity (Wildman–Crippen MR) is 88.0 cm³/mol. The molecule has 0 aliphatic carbocycles. The molecular weight excluding hydrogens is 278 g/mol. The first kappa shape index (κ1) is 18.2. The first-order valence-corrected chi connectivity index (χ1v) is 7.93. The molecule has 0 aliphatic rings. The Morgan fingerprint density at radius 3 is 2.41 bits per heavy atom. The maximum atomic E-state index is 12.7. The van der Waals surface area contributed by atoms with Gasteiger partial charge in [-0.1, -0.05) is 25.8 Å². The number of carbonyl (C=O) groups is 2. The van der Waals surface area contributed by atoms with Gasteiger partial charge in [0, 0.05) is 18.7 Å². The summed E-state index contributed by atoms with van der Waals surface area (Å²) in [5, 5.41) is 0. The minimum absolute atomic E-state index is 0.0110. The summed E-state index contributed by atoms with van der Waals surface area (Å²) in [4.78, 5) is 25.8. The van der Waals surface area contributed by atoms with Gasteiger partial charge >= 0.3 is 5.97 Å². The van der Waals surface area contributed by atoms with Crippen molar-refractivity contribution in [2.24, 2.45) is 0 Å². The Kier molecular flexibility index (Phi) is 7.64. The second-order valence-electron chi connectivity index (χ2n) is 5.62. The Morgan fingerprint density at radius 1 is 1.09 bits per heavy atom. The fraction of sp³-hybridized carbons (Fsp3) is 0.556. The van der Waals surface area contributed by atoms with Gasteiger partial charge in [-0.05, 0) is 43.5 Å². The highest BCUT2D eigenvalue weighted by molar-refractivity contribution is 5.94. The molecule has 0 fully saturated rings. The molecule has 1 aromatic rings. The van der Waals surface area contributed by atoms with Gasteiger partial charge in [-0.15, -0.1) is 0 Å². The lowest BCUT2D eigenvalue weighted by Crippen LogP contribution is -2.34. The van der Waals surface area contributed by atoms with Crippen molar-refractivity contribution in [2.45, 2.75) is 46.5 Å². The summed E-state index contributed by atoms with van der Waals surface area (Å²) >= 11 is 0. The third-order valence-corrected chi connectivity index (χ3v) is 3.89. The smallest absolute Gasteiger partial charge is 0.307 e. The number of rotatable bonds is 8. The van der Waals surface area contributed by atoms with Crippen LogP contribution in [0.5, 0.6) is 0 Å². The number of benzene rings is 1. The van der Waals surface area contributed by atoms with Crippen LogP contribution in [-0.4, -0.2) is 37.0 Å². The zero-order valence-corrected chi connectivity index (χ0v) is 14.1. The van der Waals surface area contributed by atoms with Crippen LogP contribution in [0.1, 0.15) is 54.1 Å². The van der Waals surface area contributed by atoms with Crippen molar-refractivity contribution in [3.63, 3.8) is 0 Å². The normalized spacial score (nSPS) is 10.4. The molecule has 4 heteroatoms. The Bertz CT molecular complexity index is 511. The van der Waals surface area contributed by atoms with Crippen LogP contribution in [-0.2, 0) is 9.53 Å². The van der Waals surface area contributed by atoms with E-state index >= 15 is 0 Å². The SMILES string of the molecule is CCCCCN(CCC(=O)OC)C(=O)c1ccc(C)c(C)c1. The van der Waals surface area contributed by atoms with Crippen LogP contribution in [0, 0.1) is 13.8 Å². The van der Waals surface area contributed by atoms with Crippen LogP contribution in [0.2, 0.25) is 0 Å². The van der Waals surface area contributed by atoms with Crippen molar-refractivity contribution < 1.29 is 14.3 Å². The molecule has 0 aromatic heterocycles. The fourth-order valence-electron chi connectivity index (χ4n) is 2.25. The third kappa shape index (κ3) is 5.51. The van der Waals surface area contributed by atoms with Crippen molar-refractivity contribution in [1.82, 2.24) is 4.90 Å². The van der Waals surface area contributed by atoms with Crippen LogP contribution in [0.4, 0.5) is 0 Å². The molecule has 0 radical (unpaired) electrons. The van der Waals surface area contributed by atoms with Crippen LogP contribution in [0.15, 0.2) is 18.2 Å². The first-order valence-electron chi connectivity index (χ1n) is 7.93. The minimum Gasteiger partial charge on any atom is -0.469 e. The molecule has 1 aromatic carbocycles. The number of ether oxygens (including phenoxy) is 1. The fourth-order valence-corrected chi connectivity index (χ4v) is 2.25. The van der Waals surface area contributed by atoms with E-state index < -0.39 is 0 Å². The molecule has 0 spiro atoms. The molecule has 0 unspecified atom stereocenters. The molecule has 1 amide bonds. The molecule has 4 nitrogen and oxygen atoms in total. The summed E-state index contributed by atoms with van der Waals surface area (Å²) in [5.74, 6) is -0.295. The molecule has 122 valence electrons. The minimum atomic E-state index is -0.284. The van der Waals surface area contributed by atoms with Gasteiger partial charge in [0.05, 0.1) is 13.5 Å². The highest BCUT2D eigenvalue weighted by Gasteiger charge is 2.17. The second kappa shape index (κ2) is 9.23. The van der Waals surface area contributed by atoms with E-state index in [9.17, 15) is 9.59 Å². The summed E-state index contributed by atoms with van der Waals surface area (Å²) in [6.45, 7) is 7.24. The summed E-state index contributed by atoms with van der Waals surface area (Å²) in [5.41, 5.74) is 2.96. The van der Waals surface area contributed by atoms with Gasteiger partial charge in [0.15, 0.2) is 0 Å². The van der Waals surface area contributed by atoms with Crippen LogP contribution in [0.25, 0.3) is 0 Å². The third-order valence-electron chi connectivity index (χ3n) is 3.89. The van der Waals surface area contributed by atoms with E-state index in [4.69, 9.17) is 0 Å². The molecule has 0 bridgehead atoms. The number of amides is 1. The van der Waals surface area contributed by atoms with E-state index in [1.54, 1.807) is 4.90 Å². The number of hydrogen-bond acceptors (Lipinski definition) is 3. The number of nitrogens with zero attached hydrogens (tertiary/aromatic N) is 1. The zero-order chi connectivity index (χ0) is 16.5. The number of aryl methyl sites for hydroxylation is 2. The van der Waals surface area contributed by atoms with Crippen molar-refractivity contribution in [3.05, 3.63) is 34.9 Å². The van der Waals surface area contributed by atoms with E-state index in [0.29, 0.717) is 18.7 Å². The standard InChI is InChI=1S/C18H27NO3/c1-5-6-7-11-19(12-10-17(20)22-4)18(21)16-9-8-14(2)15(3)13-16/h8-9,13H,5-7,10-12H2,1-4H3. The van der Waals surface area contributed by atoms with Crippen molar-refractivity contribution >= 4 is 11.9 Å². The molecule has 1 rings (SSSR count). The summed E-state index contributed by atoms with van der Waals surface area (Å²) in [6.07, 6.45) is 3.37. The van der Waals surface area contributed by atoms with Gasteiger partial charge in [0.25, 0.3) is 5.91 Å². The topological polar surface area (TPSA) is 46.6 Å². The van der Waals surface area contributed by atoms with Gasteiger partial charge in [0.1, 0.15) is 0 Å². The average molecular weight is 305 g/mol. The van der Waals surface area contributed by atoms with Crippen molar-refractivity contribution in [2.75, 3.05) is 20.2 Å². The molecule has 22 heavy (non-hydrogen) atoms. The second-order valence-corrected chi connectivity index (χ2v) is 5.62. The lowest BCUT2D eigenvalue weighted by molar-refractivity contribution is -0.140. The maximum Gasteiger partial charge on any atom is 0.307 e. The summed E-state index contributed by atoms with van der Waals surface area (Å²) in [6, 6.07) is 5.74. The molecule has 0 heterocycles. The van der Waals surface area contributed by atoms with E-state index in [2.05, 4.69) is 11.7 Å². The summed E-state index contributed by atoms with van der Waals surface area (Å²) < 4.78 is 4.67. The van der Waals surface area contributed by atoms with Gasteiger partial charge < -0.3 is 9.64 Å². The van der Waals surface area contributed by atoms with E-state index in [1.165, 1.54) is 12.7 Å². The van der Waals surface area contributed by atoms with Crippen LogP contribution >= 0.6 is 0 Å². The highest BCUT2D eigenvalue weighted by Crippen LogP contribution is 2.13. The Balaban J connectivity index is 2.80. The molecule has 0 N–H and O–H groups in total. The maximum absolute atomic E-state index is 12.7. The number of esters is 1. The molecule has 0 aliphatic heterocycles. The quantitative estimate of drug-likeness (QED) is 0.545. The largest absolute Gasteiger partial charge is 0.469 e. The molecule has 0 saturated heterocycles. The highest BCUT2D eigenvalue weighted by atomic mass is 16.5. The summed E-state index contributed by atoms with van der Waals surface area (Å²) in [7, 11) is 1.37. The number of methoxy groups -OCH3 is 1. The van der Waals surface area contributed by atoms with Crippen LogP contribution in [0.3, 0.4) is 0 Å². The monoisotopic (exact) mass is 305 g/mol. The lowest BCUT2D eigenvalue weighted by atomic mass is 10.1. The molecular formula is C18H27NO3.